The molecule has 0 spiro atoms. The van der Waals surface area contributed by atoms with E-state index in [0.29, 0.717) is 0 Å². The molecule has 0 saturated carbocycles. The van der Waals surface area contributed by atoms with Crippen molar-refractivity contribution in [3.63, 3.8) is 0 Å². The van der Waals surface area contributed by atoms with Crippen LogP contribution >= 0.6 is 0 Å². The van der Waals surface area contributed by atoms with Gasteiger partial charge in [-0.3, -0.25) is 0 Å². The van der Waals surface area contributed by atoms with Crippen LogP contribution in [0.3, 0.4) is 0 Å². The lowest BCUT2D eigenvalue weighted by molar-refractivity contribution is 0.674. The van der Waals surface area contributed by atoms with Gasteiger partial charge in [0.2, 0.25) is 0 Å². The largest absolute Gasteiger partial charge is 0.455 e. The molecule has 0 saturated heterocycles. The standard InChI is InChI=1S/C53H35NO/c1-3-13-39(14-4-1)53(40-15-5-2-6-16-40)49-21-10-9-18-45(49)48-34-38(27-33-50(48)53)35-22-28-41(29-23-35)54-42-30-24-37(25-31-42)44-19-11-20-46-47-32-26-36-12-7-8-17-43(36)52(47)55-51(44)46/h1-34,54H. The van der Waals surface area contributed by atoms with E-state index in [2.05, 4.69) is 212 Å². The number of anilines is 2. The second kappa shape index (κ2) is 12.5. The van der Waals surface area contributed by atoms with Gasteiger partial charge in [-0.25, -0.2) is 0 Å². The van der Waals surface area contributed by atoms with Crippen LogP contribution in [0.15, 0.2) is 211 Å². The van der Waals surface area contributed by atoms with Gasteiger partial charge in [0, 0.05) is 33.1 Å². The number of hydrogen-bond acceptors (Lipinski definition) is 2. The Kier molecular flexibility index (Phi) is 7.11. The monoisotopic (exact) mass is 701 g/mol. The number of benzene rings is 9. The zero-order valence-electron chi connectivity index (χ0n) is 30.0. The van der Waals surface area contributed by atoms with E-state index in [9.17, 15) is 0 Å². The van der Waals surface area contributed by atoms with Crippen LogP contribution in [0.1, 0.15) is 22.3 Å². The summed E-state index contributed by atoms with van der Waals surface area (Å²) in [6.07, 6.45) is 0. The van der Waals surface area contributed by atoms with Gasteiger partial charge in [-0.15, -0.1) is 0 Å². The molecule has 1 aromatic heterocycles. The number of para-hydroxylation sites is 1. The third-order valence-electron chi connectivity index (χ3n) is 11.6. The van der Waals surface area contributed by atoms with E-state index in [1.165, 1.54) is 49.9 Å². The first-order valence-electron chi connectivity index (χ1n) is 18.9. The molecule has 1 N–H and O–H groups in total. The highest BCUT2D eigenvalue weighted by Gasteiger charge is 2.45. The smallest absolute Gasteiger partial charge is 0.143 e. The topological polar surface area (TPSA) is 25.2 Å². The average Bonchev–Trinajstić information content (AvgIpc) is 3.79. The lowest BCUT2D eigenvalue weighted by Gasteiger charge is -2.33. The summed E-state index contributed by atoms with van der Waals surface area (Å²) >= 11 is 0. The van der Waals surface area contributed by atoms with E-state index in [4.69, 9.17) is 4.42 Å². The highest BCUT2D eigenvalue weighted by molar-refractivity contribution is 6.17. The lowest BCUT2D eigenvalue weighted by Crippen LogP contribution is -2.28. The van der Waals surface area contributed by atoms with Crippen molar-refractivity contribution in [3.05, 3.63) is 229 Å². The fraction of sp³-hybridized carbons (Fsp3) is 0.0189. The number of rotatable bonds is 6. The van der Waals surface area contributed by atoms with E-state index in [1.807, 2.05) is 0 Å². The predicted octanol–water partition coefficient (Wildman–Crippen LogP) is 14.2. The molecule has 2 nitrogen and oxygen atoms in total. The number of furan rings is 1. The normalized spacial score (nSPS) is 12.9. The summed E-state index contributed by atoms with van der Waals surface area (Å²) in [4.78, 5) is 0. The lowest BCUT2D eigenvalue weighted by atomic mass is 9.67. The molecule has 258 valence electrons. The summed E-state index contributed by atoms with van der Waals surface area (Å²) in [7, 11) is 0. The zero-order valence-corrected chi connectivity index (χ0v) is 30.0. The maximum atomic E-state index is 6.60. The van der Waals surface area contributed by atoms with Gasteiger partial charge in [-0.1, -0.05) is 170 Å². The summed E-state index contributed by atoms with van der Waals surface area (Å²) in [5, 5.41) is 8.23. The van der Waals surface area contributed by atoms with E-state index in [1.54, 1.807) is 0 Å². The van der Waals surface area contributed by atoms with Gasteiger partial charge >= 0.3 is 0 Å². The Labute approximate surface area is 320 Å². The molecular formula is C53H35NO. The summed E-state index contributed by atoms with van der Waals surface area (Å²) in [6.45, 7) is 0. The maximum absolute atomic E-state index is 6.60. The van der Waals surface area contributed by atoms with Gasteiger partial charge in [0.15, 0.2) is 0 Å². The van der Waals surface area contributed by atoms with Crippen molar-refractivity contribution in [2.45, 2.75) is 5.41 Å². The summed E-state index contributed by atoms with van der Waals surface area (Å²) < 4.78 is 6.60. The molecule has 1 aliphatic carbocycles. The fourth-order valence-electron chi connectivity index (χ4n) is 9.03. The molecule has 10 aromatic rings. The van der Waals surface area contributed by atoms with Crippen molar-refractivity contribution in [1.82, 2.24) is 0 Å². The average molecular weight is 702 g/mol. The Morgan fingerprint density at radius 1 is 0.345 bits per heavy atom. The predicted molar refractivity (Wildman–Crippen MR) is 229 cm³/mol. The quantitative estimate of drug-likeness (QED) is 0.187. The van der Waals surface area contributed by atoms with Crippen molar-refractivity contribution in [1.29, 1.82) is 0 Å². The van der Waals surface area contributed by atoms with Crippen molar-refractivity contribution >= 4 is 44.1 Å². The molecule has 1 aliphatic rings. The highest BCUT2D eigenvalue weighted by atomic mass is 16.3. The van der Waals surface area contributed by atoms with Crippen molar-refractivity contribution in [3.8, 4) is 33.4 Å². The van der Waals surface area contributed by atoms with Gasteiger partial charge in [0.1, 0.15) is 11.2 Å². The number of fused-ring (bicyclic) bond motifs is 8. The zero-order chi connectivity index (χ0) is 36.3. The first-order valence-corrected chi connectivity index (χ1v) is 18.9. The molecule has 11 rings (SSSR count). The van der Waals surface area contributed by atoms with Crippen LogP contribution in [-0.2, 0) is 5.41 Å². The Morgan fingerprint density at radius 2 is 0.909 bits per heavy atom. The van der Waals surface area contributed by atoms with Crippen LogP contribution in [0.25, 0.3) is 66.1 Å². The molecule has 9 aromatic carbocycles. The van der Waals surface area contributed by atoms with Crippen LogP contribution < -0.4 is 5.32 Å². The molecule has 0 aliphatic heterocycles. The minimum atomic E-state index is -0.385. The molecule has 55 heavy (non-hydrogen) atoms. The summed E-state index contributed by atoms with van der Waals surface area (Å²) in [6, 6.07) is 74.5. The van der Waals surface area contributed by atoms with Crippen molar-refractivity contribution in [2.24, 2.45) is 0 Å². The minimum absolute atomic E-state index is 0.385. The fourth-order valence-corrected chi connectivity index (χ4v) is 9.03. The molecular weight excluding hydrogens is 667 g/mol. The van der Waals surface area contributed by atoms with Gasteiger partial charge in [0.05, 0.1) is 5.41 Å². The molecule has 0 radical (unpaired) electrons. The third kappa shape index (κ3) is 4.89. The van der Waals surface area contributed by atoms with Gasteiger partial charge < -0.3 is 9.73 Å². The van der Waals surface area contributed by atoms with E-state index >= 15 is 0 Å². The van der Waals surface area contributed by atoms with Crippen molar-refractivity contribution < 1.29 is 4.42 Å². The van der Waals surface area contributed by atoms with Crippen LogP contribution in [0.5, 0.6) is 0 Å². The second-order valence-electron chi connectivity index (χ2n) is 14.5. The first-order chi connectivity index (χ1) is 27.3. The van der Waals surface area contributed by atoms with Crippen LogP contribution in [-0.4, -0.2) is 0 Å². The minimum Gasteiger partial charge on any atom is -0.455 e. The summed E-state index contributed by atoms with van der Waals surface area (Å²) in [5.74, 6) is 0. The Bertz CT molecular complexity index is 2990. The summed E-state index contributed by atoms with van der Waals surface area (Å²) in [5.41, 5.74) is 15.9. The molecule has 0 bridgehead atoms. The number of hydrogen-bond donors (Lipinski definition) is 1. The number of nitrogens with one attached hydrogen (secondary N) is 1. The highest BCUT2D eigenvalue weighted by Crippen LogP contribution is 2.56. The molecule has 0 fully saturated rings. The van der Waals surface area contributed by atoms with Crippen LogP contribution in [0.2, 0.25) is 0 Å². The molecule has 1 heterocycles. The van der Waals surface area contributed by atoms with Gasteiger partial charge in [-0.05, 0) is 91.9 Å². The third-order valence-corrected chi connectivity index (χ3v) is 11.6. The van der Waals surface area contributed by atoms with Crippen LogP contribution in [0.4, 0.5) is 11.4 Å². The maximum Gasteiger partial charge on any atom is 0.143 e. The SMILES string of the molecule is c1ccc(C2(c3ccccc3)c3ccccc3-c3cc(-c4ccc(Nc5ccc(-c6cccc7c6oc6c8ccccc8ccc76)cc5)cc4)ccc32)cc1. The first kappa shape index (κ1) is 31.4. The molecule has 0 atom stereocenters. The van der Waals surface area contributed by atoms with E-state index in [-0.39, 0.29) is 5.41 Å². The molecule has 0 amide bonds. The molecule has 0 unspecified atom stereocenters. The second-order valence-corrected chi connectivity index (χ2v) is 14.5. The van der Waals surface area contributed by atoms with Crippen molar-refractivity contribution in [2.75, 3.05) is 5.32 Å². The van der Waals surface area contributed by atoms with E-state index in [0.717, 1.165) is 49.8 Å². The Balaban J connectivity index is 0.897. The van der Waals surface area contributed by atoms with Crippen LogP contribution in [0, 0.1) is 0 Å². The van der Waals surface area contributed by atoms with Gasteiger partial charge in [0.25, 0.3) is 0 Å². The van der Waals surface area contributed by atoms with E-state index < -0.39 is 0 Å². The Morgan fingerprint density at radius 3 is 1.65 bits per heavy atom. The molecule has 2 heteroatoms. The Hall–Kier alpha value is -7.16. The van der Waals surface area contributed by atoms with Gasteiger partial charge in [-0.2, -0.15) is 0 Å².